The van der Waals surface area contributed by atoms with Crippen molar-refractivity contribution in [1.82, 2.24) is 4.98 Å². The molecular weight excluding hydrogens is 320 g/mol. The molecule has 4 bridgehead atoms. The quantitative estimate of drug-likeness (QED) is 0.676. The first kappa shape index (κ1) is 15.8. The highest BCUT2D eigenvalue weighted by Crippen LogP contribution is 2.40. The van der Waals surface area contributed by atoms with Gasteiger partial charge in [0.05, 0.1) is 18.9 Å². The van der Waals surface area contributed by atoms with Crippen LogP contribution in [0.1, 0.15) is 24.8 Å². The minimum Gasteiger partial charge on any atom is -0.494 e. The third-order valence-corrected chi connectivity index (χ3v) is 4.44. The van der Waals surface area contributed by atoms with E-state index in [4.69, 9.17) is 15.2 Å². The third kappa shape index (κ3) is 3.28. The van der Waals surface area contributed by atoms with Crippen LogP contribution in [0.15, 0.2) is 30.3 Å². The van der Waals surface area contributed by atoms with Crippen molar-refractivity contribution < 1.29 is 14.6 Å². The molecule has 0 saturated heterocycles. The number of nitrogen functional groups attached to an aromatic ring is 1. The molecule has 2 aliphatic rings. The minimum atomic E-state index is -0.866. The number of aliphatic hydroxyl groups excluding tert-OH is 1. The Morgan fingerprint density at radius 3 is 2.88 bits per heavy atom. The maximum atomic E-state index is 10.4. The van der Waals surface area contributed by atoms with Crippen molar-refractivity contribution in [3.8, 4) is 11.6 Å². The third-order valence-electron chi connectivity index (χ3n) is 4.44. The van der Waals surface area contributed by atoms with Crippen molar-refractivity contribution in [2.45, 2.75) is 32.2 Å². The Balaban J connectivity index is 1.70. The maximum Gasteiger partial charge on any atom is 0.217 e. The normalized spacial score (nSPS) is 19.9. The number of ether oxygens (including phenoxy) is 2. The van der Waals surface area contributed by atoms with Gasteiger partial charge in [-0.3, -0.25) is 0 Å². The molecule has 1 aromatic carbocycles. The second-order valence-electron chi connectivity index (χ2n) is 6.29. The zero-order valence-electron chi connectivity index (χ0n) is 13.9. The molecule has 0 fully saturated rings. The summed E-state index contributed by atoms with van der Waals surface area (Å²) in [7, 11) is 0. The number of fused-ring (bicyclic) bond motifs is 3. The monoisotopic (exact) mass is 342 g/mol. The van der Waals surface area contributed by atoms with Gasteiger partial charge in [0, 0.05) is 12.6 Å². The first-order valence-electron chi connectivity index (χ1n) is 8.57. The number of hydrogen-bond donors (Lipinski definition) is 3. The van der Waals surface area contributed by atoms with Gasteiger partial charge in [0.1, 0.15) is 11.4 Å². The summed E-state index contributed by atoms with van der Waals surface area (Å²) in [4.78, 5) is 6.11. The lowest BCUT2D eigenvalue weighted by molar-refractivity contribution is 0.202. The SMILES string of the molecule is Nc1nc2cc3c1NC(O)N3Cc1cccc(c1)OCCCCCO2. The van der Waals surface area contributed by atoms with E-state index in [9.17, 15) is 5.11 Å². The largest absolute Gasteiger partial charge is 0.494 e. The number of hydrogen-bond acceptors (Lipinski definition) is 7. The summed E-state index contributed by atoms with van der Waals surface area (Å²) in [6.07, 6.45) is 2.05. The lowest BCUT2D eigenvalue weighted by atomic mass is 10.2. The second-order valence-corrected chi connectivity index (χ2v) is 6.29. The Morgan fingerprint density at radius 1 is 1.16 bits per heavy atom. The van der Waals surface area contributed by atoms with Gasteiger partial charge >= 0.3 is 0 Å². The van der Waals surface area contributed by atoms with E-state index in [1.807, 2.05) is 35.2 Å². The maximum absolute atomic E-state index is 10.4. The predicted molar refractivity (Wildman–Crippen MR) is 95.7 cm³/mol. The molecule has 0 aliphatic carbocycles. The Bertz CT molecular complexity index is 768. The molecule has 0 amide bonds. The molecule has 0 saturated carbocycles. The summed E-state index contributed by atoms with van der Waals surface area (Å²) in [5.74, 6) is 1.66. The molecule has 0 radical (unpaired) electrons. The molecule has 2 aromatic rings. The summed E-state index contributed by atoms with van der Waals surface area (Å²) < 4.78 is 11.6. The van der Waals surface area contributed by atoms with Crippen LogP contribution in [0.3, 0.4) is 0 Å². The lowest BCUT2D eigenvalue weighted by Gasteiger charge is -2.23. The standard InChI is InChI=1S/C18H22N4O3/c19-17-16-14-10-15(20-17)25-8-3-1-2-7-24-13-6-4-5-12(9-13)11-22(14)18(23)21-16/h4-6,9-10,18,21,23H,1-3,7-8,11H2,(H2,19,20). The van der Waals surface area contributed by atoms with Crippen molar-refractivity contribution >= 4 is 17.2 Å². The number of pyridine rings is 1. The Morgan fingerprint density at radius 2 is 2.00 bits per heavy atom. The summed E-state index contributed by atoms with van der Waals surface area (Å²) in [5, 5.41) is 13.4. The van der Waals surface area contributed by atoms with Gasteiger partial charge in [0.25, 0.3) is 0 Å². The van der Waals surface area contributed by atoms with Gasteiger partial charge in [0.15, 0.2) is 5.82 Å². The topological polar surface area (TPSA) is 92.9 Å². The van der Waals surface area contributed by atoms with Crippen molar-refractivity contribution in [2.24, 2.45) is 0 Å². The number of rotatable bonds is 0. The van der Waals surface area contributed by atoms with Crippen LogP contribution in [0.4, 0.5) is 17.2 Å². The van der Waals surface area contributed by atoms with Crippen molar-refractivity contribution in [3.63, 3.8) is 0 Å². The van der Waals surface area contributed by atoms with E-state index in [2.05, 4.69) is 10.3 Å². The zero-order valence-corrected chi connectivity index (χ0v) is 13.9. The van der Waals surface area contributed by atoms with Crippen molar-refractivity contribution in [1.29, 1.82) is 0 Å². The fourth-order valence-corrected chi connectivity index (χ4v) is 3.16. The summed E-state index contributed by atoms with van der Waals surface area (Å²) in [6.45, 7) is 1.77. The van der Waals surface area contributed by atoms with Gasteiger partial charge in [-0.15, -0.1) is 0 Å². The molecule has 1 unspecified atom stereocenters. The van der Waals surface area contributed by atoms with E-state index >= 15 is 0 Å². The number of nitrogens with zero attached hydrogens (tertiary/aromatic N) is 2. The van der Waals surface area contributed by atoms with Crippen LogP contribution in [0.5, 0.6) is 11.6 Å². The molecule has 1 atom stereocenters. The molecule has 7 heteroatoms. The van der Waals surface area contributed by atoms with Gasteiger partial charge in [-0.05, 0) is 37.0 Å². The van der Waals surface area contributed by atoms with E-state index in [-0.39, 0.29) is 0 Å². The Hall–Kier alpha value is -2.67. The average molecular weight is 342 g/mol. The highest BCUT2D eigenvalue weighted by atomic mass is 16.5. The van der Waals surface area contributed by atoms with Crippen LogP contribution in [0.2, 0.25) is 0 Å². The zero-order chi connectivity index (χ0) is 17.2. The van der Waals surface area contributed by atoms with Gasteiger partial charge in [-0.25, -0.2) is 0 Å². The summed E-state index contributed by atoms with van der Waals surface area (Å²) >= 11 is 0. The lowest BCUT2D eigenvalue weighted by Crippen LogP contribution is -2.34. The number of nitrogens with one attached hydrogen (secondary N) is 1. The van der Waals surface area contributed by atoms with Crippen LogP contribution in [-0.2, 0) is 6.54 Å². The van der Waals surface area contributed by atoms with E-state index < -0.39 is 6.35 Å². The molecule has 4 rings (SSSR count). The Labute approximate surface area is 146 Å². The first-order chi connectivity index (χ1) is 12.2. The van der Waals surface area contributed by atoms with Crippen LogP contribution in [0, 0.1) is 0 Å². The van der Waals surface area contributed by atoms with Crippen LogP contribution in [-0.4, -0.2) is 29.7 Å². The van der Waals surface area contributed by atoms with E-state index in [0.717, 1.165) is 36.3 Å². The van der Waals surface area contributed by atoms with E-state index in [0.29, 0.717) is 37.1 Å². The number of benzene rings is 1. The predicted octanol–water partition coefficient (Wildman–Crippen LogP) is 2.31. The van der Waals surface area contributed by atoms with Gasteiger partial charge in [0.2, 0.25) is 12.2 Å². The molecule has 4 N–H and O–H groups in total. The Kier molecular flexibility index (Phi) is 4.23. The van der Waals surface area contributed by atoms with Gasteiger partial charge < -0.3 is 30.5 Å². The first-order valence-corrected chi connectivity index (χ1v) is 8.57. The molecule has 132 valence electrons. The van der Waals surface area contributed by atoms with Crippen molar-refractivity contribution in [3.05, 3.63) is 35.9 Å². The highest BCUT2D eigenvalue weighted by molar-refractivity contribution is 5.84. The molecule has 1 aromatic heterocycles. The number of anilines is 3. The second kappa shape index (κ2) is 6.68. The molecule has 7 nitrogen and oxygen atoms in total. The number of aromatic nitrogens is 1. The van der Waals surface area contributed by atoms with E-state index in [1.54, 1.807) is 0 Å². The van der Waals surface area contributed by atoms with E-state index in [1.165, 1.54) is 0 Å². The fourth-order valence-electron chi connectivity index (χ4n) is 3.16. The highest BCUT2D eigenvalue weighted by Gasteiger charge is 2.30. The fraction of sp³-hybridized carbons (Fsp3) is 0.389. The smallest absolute Gasteiger partial charge is 0.217 e. The molecular formula is C18H22N4O3. The van der Waals surface area contributed by atoms with Crippen LogP contribution < -0.4 is 25.4 Å². The minimum absolute atomic E-state index is 0.329. The van der Waals surface area contributed by atoms with Gasteiger partial charge in [-0.2, -0.15) is 4.98 Å². The van der Waals surface area contributed by atoms with Crippen molar-refractivity contribution in [2.75, 3.05) is 29.2 Å². The van der Waals surface area contributed by atoms with Crippen LogP contribution >= 0.6 is 0 Å². The number of aliphatic hydroxyl groups is 1. The number of nitrogens with two attached hydrogens (primary N) is 1. The molecule has 2 aliphatic heterocycles. The molecule has 0 spiro atoms. The summed E-state index contributed by atoms with van der Waals surface area (Å²) in [6, 6.07) is 9.77. The average Bonchev–Trinajstić information content (AvgIpc) is 2.90. The summed E-state index contributed by atoms with van der Waals surface area (Å²) in [5.41, 5.74) is 8.51. The molecule has 25 heavy (non-hydrogen) atoms. The van der Waals surface area contributed by atoms with Gasteiger partial charge in [-0.1, -0.05) is 12.1 Å². The van der Waals surface area contributed by atoms with Crippen LogP contribution in [0.25, 0.3) is 0 Å². The molecule has 3 heterocycles.